The zero-order valence-electron chi connectivity index (χ0n) is 34.2. The molecule has 0 saturated heterocycles. The molecule has 9 aromatic rings. The van der Waals surface area contributed by atoms with E-state index in [0.717, 1.165) is 73.1 Å². The summed E-state index contributed by atoms with van der Waals surface area (Å²) in [5.74, 6) is 2.92. The smallest absolute Gasteiger partial charge is 0.151 e. The van der Waals surface area contributed by atoms with Gasteiger partial charge in [0.1, 0.15) is 35.1 Å². The number of hydrogen-bond acceptors (Lipinski definition) is 6. The second kappa shape index (κ2) is 14.8. The molecule has 294 valence electrons. The van der Waals surface area contributed by atoms with E-state index in [0.29, 0.717) is 12.4 Å². The van der Waals surface area contributed by atoms with E-state index in [9.17, 15) is 0 Å². The molecule has 0 aliphatic carbocycles. The number of fused-ring (bicyclic) bond motifs is 4. The van der Waals surface area contributed by atoms with Crippen molar-refractivity contribution in [2.24, 2.45) is 0 Å². The van der Waals surface area contributed by atoms with Gasteiger partial charge in [-0.2, -0.15) is 0 Å². The number of hydrogen-bond donors (Lipinski definition) is 0. The number of rotatable bonds is 10. The SMILES string of the molecule is CC(C)(c1ccccc1)c1cc(Oc2ccc3c(c2)oc2ccccc23)cc(N2CN(c3ccccc3Oc3cnccc3C(C)(C)c3ccccc3)c3ccccc32)c1. The maximum absolute atomic E-state index is 6.91. The number of aromatic nitrogens is 1. The molecule has 0 atom stereocenters. The molecule has 0 spiro atoms. The van der Waals surface area contributed by atoms with Gasteiger partial charge in [-0.15, -0.1) is 0 Å². The second-order valence-corrected chi connectivity index (χ2v) is 16.5. The maximum atomic E-state index is 6.91. The van der Waals surface area contributed by atoms with Crippen LogP contribution in [-0.2, 0) is 10.8 Å². The Morgan fingerprint density at radius 1 is 0.483 bits per heavy atom. The molecule has 0 fully saturated rings. The minimum absolute atomic E-state index is 0.318. The molecule has 0 saturated carbocycles. The van der Waals surface area contributed by atoms with Crippen LogP contribution < -0.4 is 19.3 Å². The van der Waals surface area contributed by atoms with Crippen molar-refractivity contribution in [2.45, 2.75) is 38.5 Å². The number of ether oxygens (including phenoxy) is 2. The Kier molecular flexibility index (Phi) is 9.13. The van der Waals surface area contributed by atoms with E-state index in [2.05, 4.69) is 170 Å². The van der Waals surface area contributed by atoms with Gasteiger partial charge < -0.3 is 23.7 Å². The summed E-state index contributed by atoms with van der Waals surface area (Å²) in [5, 5.41) is 2.16. The number of anilines is 4. The lowest BCUT2D eigenvalue weighted by Crippen LogP contribution is -2.25. The molecule has 0 bridgehead atoms. The Labute approximate surface area is 350 Å². The summed E-state index contributed by atoms with van der Waals surface area (Å²) < 4.78 is 19.9. The molecule has 0 unspecified atom stereocenters. The molecule has 6 heteroatoms. The highest BCUT2D eigenvalue weighted by molar-refractivity contribution is 6.05. The molecule has 60 heavy (non-hydrogen) atoms. The Bertz CT molecular complexity index is 2990. The molecule has 0 radical (unpaired) electrons. The third-order valence-electron chi connectivity index (χ3n) is 12.1. The van der Waals surface area contributed by atoms with Gasteiger partial charge >= 0.3 is 0 Å². The van der Waals surface area contributed by atoms with E-state index in [1.165, 1.54) is 11.1 Å². The summed E-state index contributed by atoms with van der Waals surface area (Å²) in [6.07, 6.45) is 3.67. The molecule has 7 aromatic carbocycles. The van der Waals surface area contributed by atoms with E-state index >= 15 is 0 Å². The number of pyridine rings is 1. The summed E-state index contributed by atoms with van der Waals surface area (Å²) in [7, 11) is 0. The van der Waals surface area contributed by atoms with Gasteiger partial charge in [0.05, 0.1) is 23.3 Å². The average molecular weight is 784 g/mol. The van der Waals surface area contributed by atoms with Crippen LogP contribution in [0.2, 0.25) is 0 Å². The quantitative estimate of drug-likeness (QED) is 0.138. The molecular weight excluding hydrogens is 739 g/mol. The lowest BCUT2D eigenvalue weighted by molar-refractivity contribution is 0.459. The molecule has 6 nitrogen and oxygen atoms in total. The molecule has 0 amide bonds. The van der Waals surface area contributed by atoms with Gasteiger partial charge in [-0.25, -0.2) is 0 Å². The molecule has 1 aliphatic rings. The Morgan fingerprint density at radius 2 is 1.12 bits per heavy atom. The van der Waals surface area contributed by atoms with Gasteiger partial charge in [0.2, 0.25) is 0 Å². The maximum Gasteiger partial charge on any atom is 0.151 e. The molecule has 3 heterocycles. The molecule has 10 rings (SSSR count). The zero-order valence-corrected chi connectivity index (χ0v) is 34.2. The predicted molar refractivity (Wildman–Crippen MR) is 244 cm³/mol. The van der Waals surface area contributed by atoms with Gasteiger partial charge in [0.15, 0.2) is 5.75 Å². The van der Waals surface area contributed by atoms with Crippen LogP contribution in [0.4, 0.5) is 22.7 Å². The van der Waals surface area contributed by atoms with Gasteiger partial charge in [-0.05, 0) is 77.4 Å². The third kappa shape index (κ3) is 6.60. The van der Waals surface area contributed by atoms with Crippen LogP contribution in [0.15, 0.2) is 193 Å². The molecule has 2 aromatic heterocycles. The topological polar surface area (TPSA) is 51.0 Å². The molecule has 1 aliphatic heterocycles. The fourth-order valence-electron chi connectivity index (χ4n) is 8.60. The lowest BCUT2D eigenvalue weighted by atomic mass is 9.78. The highest BCUT2D eigenvalue weighted by Gasteiger charge is 2.33. The highest BCUT2D eigenvalue weighted by atomic mass is 16.5. The van der Waals surface area contributed by atoms with Gasteiger partial charge in [-0.1, -0.05) is 131 Å². The Hall–Kier alpha value is -7.31. The number of benzene rings is 7. The predicted octanol–water partition coefficient (Wildman–Crippen LogP) is 14.5. The first-order chi connectivity index (χ1) is 29.2. The van der Waals surface area contributed by atoms with E-state index in [1.807, 2.05) is 60.9 Å². The van der Waals surface area contributed by atoms with Crippen molar-refractivity contribution in [1.82, 2.24) is 4.98 Å². The fraction of sp³-hybridized carbons (Fsp3) is 0.130. The Balaban J connectivity index is 1.04. The van der Waals surface area contributed by atoms with Gasteiger partial charge in [0.25, 0.3) is 0 Å². The third-order valence-corrected chi connectivity index (χ3v) is 12.1. The first kappa shape index (κ1) is 37.0. The molecular formula is C54H45N3O3. The van der Waals surface area contributed by atoms with Crippen molar-refractivity contribution in [3.63, 3.8) is 0 Å². The van der Waals surface area contributed by atoms with Crippen molar-refractivity contribution < 1.29 is 13.9 Å². The zero-order chi connectivity index (χ0) is 40.8. The van der Waals surface area contributed by atoms with Crippen LogP contribution >= 0.6 is 0 Å². The van der Waals surface area contributed by atoms with E-state index in [1.54, 1.807) is 0 Å². The summed E-state index contributed by atoms with van der Waals surface area (Å²) in [6, 6.07) is 60.9. The monoisotopic (exact) mass is 783 g/mol. The number of furan rings is 1. The standard InChI is InChI=1S/C54H45N3O3/c1-53(2,37-17-7-5-8-18-37)39-31-40(33-42(32-39)58-41-27-28-44-43-21-11-15-25-49(43)59-51(44)34-41)56-36-57(47-23-13-12-22-46(47)56)48-24-14-16-26-50(48)60-52-35-55-30-29-45(52)54(3,4)38-19-9-6-10-20-38/h5-35H,36H2,1-4H3. The largest absolute Gasteiger partial charge is 0.457 e. The van der Waals surface area contributed by atoms with Crippen molar-refractivity contribution in [2.75, 3.05) is 16.5 Å². The van der Waals surface area contributed by atoms with Crippen LogP contribution in [0.3, 0.4) is 0 Å². The minimum atomic E-state index is -0.327. The van der Waals surface area contributed by atoms with E-state index in [4.69, 9.17) is 13.9 Å². The van der Waals surface area contributed by atoms with Crippen LogP contribution in [0.1, 0.15) is 49.9 Å². The van der Waals surface area contributed by atoms with Crippen molar-refractivity contribution in [1.29, 1.82) is 0 Å². The van der Waals surface area contributed by atoms with Crippen molar-refractivity contribution in [3.8, 4) is 23.0 Å². The first-order valence-corrected chi connectivity index (χ1v) is 20.5. The molecule has 0 N–H and O–H groups in total. The normalized spacial score (nSPS) is 12.9. The fourth-order valence-corrected chi connectivity index (χ4v) is 8.60. The van der Waals surface area contributed by atoms with Crippen LogP contribution in [0, 0.1) is 0 Å². The van der Waals surface area contributed by atoms with Gasteiger partial charge in [-0.3, -0.25) is 4.98 Å². The Morgan fingerprint density at radius 3 is 1.88 bits per heavy atom. The summed E-state index contributed by atoms with van der Waals surface area (Å²) in [4.78, 5) is 9.20. The summed E-state index contributed by atoms with van der Waals surface area (Å²) in [5.41, 5.74) is 9.77. The summed E-state index contributed by atoms with van der Waals surface area (Å²) in [6.45, 7) is 9.56. The van der Waals surface area contributed by atoms with Gasteiger partial charge in [0, 0.05) is 51.2 Å². The van der Waals surface area contributed by atoms with Crippen LogP contribution in [0.5, 0.6) is 23.0 Å². The summed E-state index contributed by atoms with van der Waals surface area (Å²) >= 11 is 0. The van der Waals surface area contributed by atoms with Crippen LogP contribution in [0.25, 0.3) is 21.9 Å². The highest BCUT2D eigenvalue weighted by Crippen LogP contribution is 2.49. The van der Waals surface area contributed by atoms with E-state index < -0.39 is 0 Å². The lowest BCUT2D eigenvalue weighted by Gasteiger charge is -2.30. The van der Waals surface area contributed by atoms with Crippen LogP contribution in [-0.4, -0.2) is 11.7 Å². The number of para-hydroxylation sites is 5. The first-order valence-electron chi connectivity index (χ1n) is 20.5. The minimum Gasteiger partial charge on any atom is -0.457 e. The van der Waals surface area contributed by atoms with Crippen molar-refractivity contribution >= 4 is 44.7 Å². The second-order valence-electron chi connectivity index (χ2n) is 16.5. The number of nitrogens with zero attached hydrogens (tertiary/aromatic N) is 3. The average Bonchev–Trinajstić information content (AvgIpc) is 3.86. The van der Waals surface area contributed by atoms with E-state index in [-0.39, 0.29) is 10.8 Å². The van der Waals surface area contributed by atoms with Crippen molar-refractivity contribution in [3.05, 3.63) is 211 Å².